The van der Waals surface area contributed by atoms with Gasteiger partial charge in [0.05, 0.1) is 17.1 Å². The summed E-state index contributed by atoms with van der Waals surface area (Å²) in [4.78, 5) is 39.6. The van der Waals surface area contributed by atoms with Gasteiger partial charge < -0.3 is 14.5 Å². The summed E-state index contributed by atoms with van der Waals surface area (Å²) in [5.41, 5.74) is 1.01. The fourth-order valence-corrected chi connectivity index (χ4v) is 5.30. The number of ether oxygens (including phenoxy) is 1. The summed E-state index contributed by atoms with van der Waals surface area (Å²) in [6.07, 6.45) is 0.708. The van der Waals surface area contributed by atoms with Crippen molar-refractivity contribution < 1.29 is 27.5 Å². The van der Waals surface area contributed by atoms with E-state index in [0.29, 0.717) is 19.4 Å². The Kier molecular flexibility index (Phi) is 5.74. The molecular weight excluding hydrogens is 384 g/mol. The second kappa shape index (κ2) is 7.90. The molecule has 0 bridgehead atoms. The Hall–Kier alpha value is -2.42. The number of carbonyl (C=O) groups excluding carboxylic acids is 3. The standard InChI is InChI=1S/C19H24N2O6S/c1-13(18(23)20(2)16-9-11-28(25,26)12-16)27-19(24)14-5-7-15(8-6-14)21-10-3-4-17(21)22/h5-8,13,16H,3-4,9-12H2,1-2H3/t13-,16+/m1/s1. The number of esters is 1. The maximum absolute atomic E-state index is 12.5. The first-order valence-corrected chi connectivity index (χ1v) is 11.1. The van der Waals surface area contributed by atoms with Crippen LogP contribution in [0.2, 0.25) is 0 Å². The van der Waals surface area contributed by atoms with Gasteiger partial charge in [0.15, 0.2) is 15.9 Å². The number of likely N-dealkylation sites (N-methyl/N-ethyl adjacent to an activating group) is 1. The van der Waals surface area contributed by atoms with Crippen molar-refractivity contribution in [3.8, 4) is 0 Å². The lowest BCUT2D eigenvalue weighted by Gasteiger charge is -2.26. The predicted octanol–water partition coefficient (Wildman–Crippen LogP) is 1.00. The van der Waals surface area contributed by atoms with Crippen LogP contribution in [0.5, 0.6) is 0 Å². The molecule has 9 heteroatoms. The van der Waals surface area contributed by atoms with Crippen molar-refractivity contribution in [3.63, 3.8) is 0 Å². The van der Waals surface area contributed by atoms with E-state index in [1.54, 1.807) is 29.2 Å². The summed E-state index contributed by atoms with van der Waals surface area (Å²) < 4.78 is 28.4. The smallest absolute Gasteiger partial charge is 0.338 e. The highest BCUT2D eigenvalue weighted by Crippen LogP contribution is 2.22. The van der Waals surface area contributed by atoms with E-state index in [-0.39, 0.29) is 23.0 Å². The van der Waals surface area contributed by atoms with Gasteiger partial charge in [0.2, 0.25) is 5.91 Å². The summed E-state index contributed by atoms with van der Waals surface area (Å²) in [6, 6.07) is 6.10. The average molecular weight is 408 g/mol. The Morgan fingerprint density at radius 3 is 2.46 bits per heavy atom. The topological polar surface area (TPSA) is 101 Å². The highest BCUT2D eigenvalue weighted by atomic mass is 32.2. The molecule has 0 spiro atoms. The molecule has 0 radical (unpaired) electrons. The van der Waals surface area contributed by atoms with Gasteiger partial charge in [0.1, 0.15) is 0 Å². The molecule has 152 valence electrons. The van der Waals surface area contributed by atoms with Crippen molar-refractivity contribution >= 4 is 33.3 Å². The van der Waals surface area contributed by atoms with Gasteiger partial charge in [0.25, 0.3) is 5.91 Å². The van der Waals surface area contributed by atoms with Crippen LogP contribution in [-0.4, -0.2) is 68.3 Å². The highest BCUT2D eigenvalue weighted by Gasteiger charge is 2.35. The van der Waals surface area contributed by atoms with Crippen molar-refractivity contribution in [2.45, 2.75) is 38.3 Å². The molecule has 0 saturated carbocycles. The molecule has 0 N–H and O–H groups in total. The number of nitrogens with zero attached hydrogens (tertiary/aromatic N) is 2. The zero-order valence-corrected chi connectivity index (χ0v) is 16.8. The lowest BCUT2D eigenvalue weighted by molar-refractivity contribution is -0.140. The van der Waals surface area contributed by atoms with Gasteiger partial charge in [0, 0.05) is 31.7 Å². The van der Waals surface area contributed by atoms with Crippen molar-refractivity contribution in [1.82, 2.24) is 4.90 Å². The fourth-order valence-electron chi connectivity index (χ4n) is 3.53. The second-order valence-electron chi connectivity index (χ2n) is 7.25. The van der Waals surface area contributed by atoms with E-state index in [1.165, 1.54) is 18.9 Å². The van der Waals surface area contributed by atoms with Gasteiger partial charge in [-0.25, -0.2) is 13.2 Å². The molecule has 28 heavy (non-hydrogen) atoms. The number of benzene rings is 1. The molecule has 2 fully saturated rings. The molecule has 2 saturated heterocycles. The van der Waals surface area contributed by atoms with Crippen LogP contribution in [0.25, 0.3) is 0 Å². The first-order chi connectivity index (χ1) is 13.2. The first kappa shape index (κ1) is 20.3. The Morgan fingerprint density at radius 2 is 1.93 bits per heavy atom. The number of carbonyl (C=O) groups is 3. The quantitative estimate of drug-likeness (QED) is 0.674. The zero-order valence-electron chi connectivity index (χ0n) is 16.0. The summed E-state index contributed by atoms with van der Waals surface area (Å²) in [6.45, 7) is 2.13. The summed E-state index contributed by atoms with van der Waals surface area (Å²) in [5, 5.41) is 0. The Bertz CT molecular complexity index is 880. The van der Waals surface area contributed by atoms with E-state index in [0.717, 1.165) is 12.1 Å². The molecule has 2 aliphatic heterocycles. The zero-order chi connectivity index (χ0) is 20.5. The molecule has 0 unspecified atom stereocenters. The van der Waals surface area contributed by atoms with Crippen molar-refractivity contribution in [3.05, 3.63) is 29.8 Å². The van der Waals surface area contributed by atoms with E-state index in [9.17, 15) is 22.8 Å². The van der Waals surface area contributed by atoms with Crippen LogP contribution in [0.3, 0.4) is 0 Å². The van der Waals surface area contributed by atoms with Crippen molar-refractivity contribution in [2.75, 3.05) is 30.0 Å². The fraction of sp³-hybridized carbons (Fsp3) is 0.526. The first-order valence-electron chi connectivity index (χ1n) is 9.26. The lowest BCUT2D eigenvalue weighted by Crippen LogP contribution is -2.44. The van der Waals surface area contributed by atoms with E-state index in [4.69, 9.17) is 4.74 Å². The summed E-state index contributed by atoms with van der Waals surface area (Å²) in [5.74, 6) is -1.02. The number of amides is 2. The molecule has 3 rings (SSSR count). The Labute approximate surface area is 164 Å². The summed E-state index contributed by atoms with van der Waals surface area (Å²) in [7, 11) is -1.58. The predicted molar refractivity (Wildman–Crippen MR) is 103 cm³/mol. The van der Waals surface area contributed by atoms with E-state index < -0.39 is 33.9 Å². The third kappa shape index (κ3) is 4.35. The molecule has 0 aliphatic carbocycles. The molecule has 2 heterocycles. The van der Waals surface area contributed by atoms with Gasteiger partial charge in [-0.3, -0.25) is 9.59 Å². The van der Waals surface area contributed by atoms with E-state index in [2.05, 4.69) is 0 Å². The average Bonchev–Trinajstić information content (AvgIpc) is 3.25. The molecule has 0 aromatic heterocycles. The molecule has 8 nitrogen and oxygen atoms in total. The van der Waals surface area contributed by atoms with E-state index >= 15 is 0 Å². The molecule has 1 aromatic rings. The number of anilines is 1. The van der Waals surface area contributed by atoms with Crippen LogP contribution in [0, 0.1) is 0 Å². The molecular formula is C19H24N2O6S. The van der Waals surface area contributed by atoms with Crippen molar-refractivity contribution in [2.24, 2.45) is 0 Å². The minimum absolute atomic E-state index is 0.0616. The van der Waals surface area contributed by atoms with Gasteiger partial charge in [-0.2, -0.15) is 0 Å². The van der Waals surface area contributed by atoms with Crippen LogP contribution in [0.1, 0.15) is 36.5 Å². The third-order valence-electron chi connectivity index (χ3n) is 5.22. The number of hydrogen-bond acceptors (Lipinski definition) is 6. The second-order valence-corrected chi connectivity index (χ2v) is 9.48. The third-order valence-corrected chi connectivity index (χ3v) is 6.97. The van der Waals surface area contributed by atoms with Crippen LogP contribution in [-0.2, 0) is 24.2 Å². The monoisotopic (exact) mass is 408 g/mol. The largest absolute Gasteiger partial charge is 0.449 e. The summed E-state index contributed by atoms with van der Waals surface area (Å²) >= 11 is 0. The van der Waals surface area contributed by atoms with Crippen LogP contribution >= 0.6 is 0 Å². The van der Waals surface area contributed by atoms with Crippen molar-refractivity contribution in [1.29, 1.82) is 0 Å². The number of hydrogen-bond donors (Lipinski definition) is 0. The van der Waals surface area contributed by atoms with Crippen LogP contribution in [0.15, 0.2) is 24.3 Å². The van der Waals surface area contributed by atoms with Gasteiger partial charge in [-0.1, -0.05) is 0 Å². The van der Waals surface area contributed by atoms with E-state index in [1.807, 2.05) is 0 Å². The minimum Gasteiger partial charge on any atom is -0.449 e. The van der Waals surface area contributed by atoms with Gasteiger partial charge in [-0.15, -0.1) is 0 Å². The van der Waals surface area contributed by atoms with Crippen LogP contribution in [0.4, 0.5) is 5.69 Å². The highest BCUT2D eigenvalue weighted by molar-refractivity contribution is 7.91. The molecule has 2 amide bonds. The minimum atomic E-state index is -3.11. The van der Waals surface area contributed by atoms with Gasteiger partial charge >= 0.3 is 5.97 Å². The molecule has 2 atom stereocenters. The number of sulfone groups is 1. The lowest BCUT2D eigenvalue weighted by atomic mass is 10.2. The SMILES string of the molecule is C[C@@H](OC(=O)c1ccc(N2CCCC2=O)cc1)C(=O)N(C)[C@H]1CCS(=O)(=O)C1. The molecule has 2 aliphatic rings. The number of rotatable bonds is 5. The maximum Gasteiger partial charge on any atom is 0.338 e. The van der Waals surface area contributed by atoms with Gasteiger partial charge in [-0.05, 0) is 44.0 Å². The maximum atomic E-state index is 12.5. The normalized spacial score (nSPS) is 22.1. The Morgan fingerprint density at radius 1 is 1.25 bits per heavy atom. The molecule has 1 aromatic carbocycles. The van der Waals surface area contributed by atoms with Crippen LogP contribution < -0.4 is 4.90 Å². The Balaban J connectivity index is 1.59.